The molecule has 0 aliphatic heterocycles. The fourth-order valence-electron chi connectivity index (χ4n) is 1.77. The summed E-state index contributed by atoms with van der Waals surface area (Å²) in [7, 11) is 0. The molecule has 0 unspecified atom stereocenters. The molecule has 1 aromatic carbocycles. The van der Waals surface area contributed by atoms with Crippen LogP contribution in [0.3, 0.4) is 0 Å². The van der Waals surface area contributed by atoms with Gasteiger partial charge in [0.2, 0.25) is 0 Å². The van der Waals surface area contributed by atoms with E-state index in [9.17, 15) is 9.18 Å². The third-order valence-electron chi connectivity index (χ3n) is 2.81. The second-order valence-corrected chi connectivity index (χ2v) is 4.51. The minimum Gasteiger partial charge on any atom is -0.484 e. The summed E-state index contributed by atoms with van der Waals surface area (Å²) in [5.41, 5.74) is 0.439. The van der Waals surface area contributed by atoms with Crippen LogP contribution in [-0.4, -0.2) is 32.3 Å². The summed E-state index contributed by atoms with van der Waals surface area (Å²) in [5, 5.41) is 6.61. The number of carbonyl (C=O) groups excluding carboxylic acids is 1. The summed E-state index contributed by atoms with van der Waals surface area (Å²) in [5.74, 6) is 0.0726. The van der Waals surface area contributed by atoms with Crippen LogP contribution in [-0.2, 0) is 4.79 Å². The molecule has 0 radical (unpaired) electrons. The van der Waals surface area contributed by atoms with Gasteiger partial charge in [-0.25, -0.2) is 19.0 Å². The van der Waals surface area contributed by atoms with Gasteiger partial charge in [0.15, 0.2) is 6.61 Å². The Hall–Kier alpha value is -3.29. The van der Waals surface area contributed by atoms with E-state index in [1.807, 2.05) is 0 Å². The number of carbonyl (C=O) groups is 1. The van der Waals surface area contributed by atoms with Gasteiger partial charge in [0, 0.05) is 12.4 Å². The molecule has 23 heavy (non-hydrogen) atoms. The highest BCUT2D eigenvalue weighted by atomic mass is 19.1. The second kappa shape index (κ2) is 6.65. The predicted octanol–water partition coefficient (Wildman–Crippen LogP) is 1.82. The molecule has 0 saturated carbocycles. The average Bonchev–Trinajstić information content (AvgIpc) is 3.09. The van der Waals surface area contributed by atoms with Gasteiger partial charge in [0.1, 0.15) is 11.6 Å². The second-order valence-electron chi connectivity index (χ2n) is 4.51. The Labute approximate surface area is 130 Å². The van der Waals surface area contributed by atoms with Crippen molar-refractivity contribution in [1.82, 2.24) is 19.7 Å². The first-order valence-electron chi connectivity index (χ1n) is 6.71. The van der Waals surface area contributed by atoms with Crippen LogP contribution < -0.4 is 10.1 Å². The maximum atomic E-state index is 12.8. The standard InChI is InChI=1S/C15H12FN5O2/c16-11-2-4-13(5-3-11)23-10-14(22)20-12-8-17-15(18-9-12)21-7-1-6-19-21/h1-9H,10H2,(H,20,22). The Morgan fingerprint density at radius 3 is 2.61 bits per heavy atom. The van der Waals surface area contributed by atoms with E-state index in [-0.39, 0.29) is 18.3 Å². The lowest BCUT2D eigenvalue weighted by Crippen LogP contribution is -2.20. The number of halogens is 1. The summed E-state index contributed by atoms with van der Waals surface area (Å²) >= 11 is 0. The van der Waals surface area contributed by atoms with Crippen LogP contribution >= 0.6 is 0 Å². The molecule has 1 N–H and O–H groups in total. The zero-order chi connectivity index (χ0) is 16.1. The van der Waals surface area contributed by atoms with Gasteiger partial charge in [-0.2, -0.15) is 5.10 Å². The van der Waals surface area contributed by atoms with E-state index in [0.717, 1.165) is 0 Å². The minimum atomic E-state index is -0.371. The SMILES string of the molecule is O=C(COc1ccc(F)cc1)Nc1cnc(-n2cccn2)nc1. The fraction of sp³-hybridized carbons (Fsp3) is 0.0667. The van der Waals surface area contributed by atoms with Crippen molar-refractivity contribution in [2.45, 2.75) is 0 Å². The van der Waals surface area contributed by atoms with Crippen LogP contribution in [0.25, 0.3) is 5.95 Å². The number of hydrogen-bond acceptors (Lipinski definition) is 5. The molecule has 116 valence electrons. The van der Waals surface area contributed by atoms with Crippen LogP contribution in [0.2, 0.25) is 0 Å². The maximum Gasteiger partial charge on any atom is 0.262 e. The molecule has 2 aromatic heterocycles. The van der Waals surface area contributed by atoms with E-state index in [1.54, 1.807) is 18.5 Å². The van der Waals surface area contributed by atoms with Gasteiger partial charge in [-0.1, -0.05) is 0 Å². The molecule has 0 fully saturated rings. The first-order chi connectivity index (χ1) is 11.2. The lowest BCUT2D eigenvalue weighted by Gasteiger charge is -2.07. The van der Waals surface area contributed by atoms with Gasteiger partial charge in [0.25, 0.3) is 11.9 Å². The lowest BCUT2D eigenvalue weighted by atomic mass is 10.3. The molecule has 3 aromatic rings. The molecule has 3 rings (SSSR count). The minimum absolute atomic E-state index is 0.202. The average molecular weight is 313 g/mol. The fourth-order valence-corrected chi connectivity index (χ4v) is 1.77. The molecule has 0 aliphatic rings. The largest absolute Gasteiger partial charge is 0.484 e. The highest BCUT2D eigenvalue weighted by Crippen LogP contribution is 2.11. The summed E-state index contributed by atoms with van der Waals surface area (Å²) in [6.45, 7) is -0.202. The van der Waals surface area contributed by atoms with Crippen molar-refractivity contribution in [2.75, 3.05) is 11.9 Å². The van der Waals surface area contributed by atoms with E-state index in [1.165, 1.54) is 41.3 Å². The predicted molar refractivity (Wildman–Crippen MR) is 79.7 cm³/mol. The molecule has 1 amide bonds. The number of nitrogens with zero attached hydrogens (tertiary/aromatic N) is 4. The van der Waals surface area contributed by atoms with Crippen molar-refractivity contribution >= 4 is 11.6 Å². The smallest absolute Gasteiger partial charge is 0.262 e. The first kappa shape index (κ1) is 14.6. The molecule has 0 aliphatic carbocycles. The molecule has 8 heteroatoms. The molecular formula is C15H12FN5O2. The molecule has 2 heterocycles. The third-order valence-corrected chi connectivity index (χ3v) is 2.81. The van der Waals surface area contributed by atoms with Crippen molar-refractivity contribution in [3.05, 3.63) is 60.9 Å². The molecule has 0 bridgehead atoms. The van der Waals surface area contributed by atoms with Crippen molar-refractivity contribution in [3.8, 4) is 11.7 Å². The summed E-state index contributed by atoms with van der Waals surface area (Å²) < 4.78 is 19.5. The molecule has 7 nitrogen and oxygen atoms in total. The number of aromatic nitrogens is 4. The van der Waals surface area contributed by atoms with Crippen LogP contribution in [0.5, 0.6) is 5.75 Å². The Bertz CT molecular complexity index is 773. The van der Waals surface area contributed by atoms with E-state index in [2.05, 4.69) is 20.4 Å². The van der Waals surface area contributed by atoms with Crippen molar-refractivity contribution in [2.24, 2.45) is 0 Å². The van der Waals surface area contributed by atoms with E-state index >= 15 is 0 Å². The Balaban J connectivity index is 1.54. The van der Waals surface area contributed by atoms with Crippen molar-refractivity contribution in [1.29, 1.82) is 0 Å². The highest BCUT2D eigenvalue weighted by Gasteiger charge is 2.06. The number of rotatable bonds is 5. The Morgan fingerprint density at radius 1 is 1.22 bits per heavy atom. The van der Waals surface area contributed by atoms with Crippen LogP contribution in [0, 0.1) is 5.82 Å². The number of ether oxygens (including phenoxy) is 1. The quantitative estimate of drug-likeness (QED) is 0.777. The van der Waals surface area contributed by atoms with E-state index in [0.29, 0.717) is 17.4 Å². The van der Waals surface area contributed by atoms with Gasteiger partial charge in [-0.3, -0.25) is 4.79 Å². The van der Waals surface area contributed by atoms with Crippen molar-refractivity contribution in [3.63, 3.8) is 0 Å². The molecular weight excluding hydrogens is 301 g/mol. The third kappa shape index (κ3) is 3.88. The number of hydrogen-bond donors (Lipinski definition) is 1. The molecule has 0 saturated heterocycles. The van der Waals surface area contributed by atoms with Crippen LogP contribution in [0.1, 0.15) is 0 Å². The number of amides is 1. The Morgan fingerprint density at radius 2 is 1.96 bits per heavy atom. The summed E-state index contributed by atoms with van der Waals surface area (Å²) in [6.07, 6.45) is 6.27. The molecule has 0 spiro atoms. The van der Waals surface area contributed by atoms with Gasteiger partial charge < -0.3 is 10.1 Å². The Kier molecular flexibility index (Phi) is 4.23. The summed E-state index contributed by atoms with van der Waals surface area (Å²) in [6, 6.07) is 7.17. The first-order valence-corrected chi connectivity index (χ1v) is 6.71. The van der Waals surface area contributed by atoms with Crippen LogP contribution in [0.4, 0.5) is 10.1 Å². The number of nitrogens with one attached hydrogen (secondary N) is 1. The number of benzene rings is 1. The number of anilines is 1. The monoisotopic (exact) mass is 313 g/mol. The zero-order valence-corrected chi connectivity index (χ0v) is 11.9. The molecule has 0 atom stereocenters. The zero-order valence-electron chi connectivity index (χ0n) is 11.9. The maximum absolute atomic E-state index is 12.8. The van der Waals surface area contributed by atoms with Crippen LogP contribution in [0.15, 0.2) is 55.1 Å². The normalized spacial score (nSPS) is 10.3. The highest BCUT2D eigenvalue weighted by molar-refractivity contribution is 5.91. The van der Waals surface area contributed by atoms with Gasteiger partial charge in [-0.15, -0.1) is 0 Å². The van der Waals surface area contributed by atoms with Crippen molar-refractivity contribution < 1.29 is 13.9 Å². The lowest BCUT2D eigenvalue weighted by molar-refractivity contribution is -0.118. The van der Waals surface area contributed by atoms with Gasteiger partial charge in [-0.05, 0) is 30.3 Å². The summed E-state index contributed by atoms with van der Waals surface area (Å²) in [4.78, 5) is 20.0. The van der Waals surface area contributed by atoms with E-state index < -0.39 is 0 Å². The van der Waals surface area contributed by atoms with Gasteiger partial charge >= 0.3 is 0 Å². The topological polar surface area (TPSA) is 81.9 Å². The van der Waals surface area contributed by atoms with E-state index in [4.69, 9.17) is 4.74 Å². The van der Waals surface area contributed by atoms with Gasteiger partial charge in [0.05, 0.1) is 18.1 Å².